The van der Waals surface area contributed by atoms with E-state index in [0.717, 1.165) is 24.8 Å². The molecule has 2 unspecified atom stereocenters. The Hall–Kier alpha value is -1.35. The van der Waals surface area contributed by atoms with Gasteiger partial charge in [0.2, 0.25) is 0 Å². The van der Waals surface area contributed by atoms with Gasteiger partial charge in [0.05, 0.1) is 0 Å². The van der Waals surface area contributed by atoms with E-state index in [-0.39, 0.29) is 6.04 Å². The number of hydrogen-bond acceptors (Lipinski definition) is 2. The fourth-order valence-electron chi connectivity index (χ4n) is 2.25. The van der Waals surface area contributed by atoms with E-state index in [4.69, 9.17) is 0 Å². The second-order valence-corrected chi connectivity index (χ2v) is 5.14. The minimum absolute atomic E-state index is 0.0811. The number of rotatable bonds is 6. The third-order valence-corrected chi connectivity index (χ3v) is 3.68. The van der Waals surface area contributed by atoms with Crippen LogP contribution >= 0.6 is 0 Å². The van der Waals surface area contributed by atoms with Crippen LogP contribution in [-0.4, -0.2) is 17.1 Å². The Morgan fingerprint density at radius 3 is 2.44 bits per heavy atom. The maximum absolute atomic E-state index is 11.2. The lowest BCUT2D eigenvalue weighted by Gasteiger charge is -2.20. The van der Waals surface area contributed by atoms with Crippen molar-refractivity contribution in [2.75, 3.05) is 0 Å². The van der Waals surface area contributed by atoms with Gasteiger partial charge in [-0.05, 0) is 43.2 Å². The van der Waals surface area contributed by atoms with E-state index in [1.165, 1.54) is 5.56 Å². The summed E-state index contributed by atoms with van der Waals surface area (Å²) in [6.45, 7) is 4.16. The molecule has 1 aromatic carbocycles. The van der Waals surface area contributed by atoms with Gasteiger partial charge in [-0.15, -0.1) is 0 Å². The fraction of sp³-hybridized carbons (Fsp3) is 0.533. The van der Waals surface area contributed by atoms with Crippen molar-refractivity contribution in [2.45, 2.75) is 45.2 Å². The van der Waals surface area contributed by atoms with Crippen molar-refractivity contribution in [1.82, 2.24) is 5.32 Å². The summed E-state index contributed by atoms with van der Waals surface area (Å²) in [6, 6.07) is 8.08. The molecular weight excluding hydrogens is 226 g/mol. The van der Waals surface area contributed by atoms with Crippen LogP contribution in [-0.2, 0) is 11.2 Å². The van der Waals surface area contributed by atoms with Crippen LogP contribution in [0.1, 0.15) is 43.9 Å². The van der Waals surface area contributed by atoms with E-state index in [0.29, 0.717) is 5.92 Å². The zero-order valence-corrected chi connectivity index (χ0v) is 11.0. The number of benzene rings is 1. The molecule has 1 aromatic rings. The van der Waals surface area contributed by atoms with Crippen LogP contribution in [0.15, 0.2) is 24.3 Å². The molecule has 98 valence electrons. The standard InChI is InChI=1S/C15H21NO2/c1-3-11-4-6-12(7-5-11)10(2)16-14(15(17)18)13-8-9-13/h4-7,10,13-14,16H,3,8-9H2,1-2H3,(H,17,18). The highest BCUT2D eigenvalue weighted by Gasteiger charge is 2.36. The summed E-state index contributed by atoms with van der Waals surface area (Å²) in [5.41, 5.74) is 2.46. The van der Waals surface area contributed by atoms with E-state index < -0.39 is 12.0 Å². The normalized spacial score (nSPS) is 18.3. The molecule has 0 spiro atoms. The highest BCUT2D eigenvalue weighted by Crippen LogP contribution is 2.33. The van der Waals surface area contributed by atoms with Gasteiger partial charge in [0, 0.05) is 6.04 Å². The Morgan fingerprint density at radius 2 is 2.00 bits per heavy atom. The average molecular weight is 247 g/mol. The third-order valence-electron chi connectivity index (χ3n) is 3.68. The fourth-order valence-corrected chi connectivity index (χ4v) is 2.25. The van der Waals surface area contributed by atoms with E-state index in [1.807, 2.05) is 6.92 Å². The van der Waals surface area contributed by atoms with Gasteiger partial charge in [0.25, 0.3) is 0 Å². The summed E-state index contributed by atoms with van der Waals surface area (Å²) in [7, 11) is 0. The van der Waals surface area contributed by atoms with Crippen LogP contribution in [0.4, 0.5) is 0 Å². The summed E-state index contributed by atoms with van der Waals surface area (Å²) in [6.07, 6.45) is 3.10. The summed E-state index contributed by atoms with van der Waals surface area (Å²) in [5.74, 6) is -0.408. The first-order valence-electron chi connectivity index (χ1n) is 6.69. The van der Waals surface area contributed by atoms with Crippen molar-refractivity contribution in [3.63, 3.8) is 0 Å². The summed E-state index contributed by atoms with van der Waals surface area (Å²) < 4.78 is 0. The van der Waals surface area contributed by atoms with Crippen molar-refractivity contribution in [2.24, 2.45) is 5.92 Å². The topological polar surface area (TPSA) is 49.3 Å². The van der Waals surface area contributed by atoms with Gasteiger partial charge in [-0.3, -0.25) is 10.1 Å². The van der Waals surface area contributed by atoms with Crippen molar-refractivity contribution in [3.8, 4) is 0 Å². The SMILES string of the molecule is CCc1ccc(C(C)NC(C(=O)O)C2CC2)cc1. The monoisotopic (exact) mass is 247 g/mol. The lowest BCUT2D eigenvalue weighted by atomic mass is 10.0. The second kappa shape index (κ2) is 5.53. The van der Waals surface area contributed by atoms with Gasteiger partial charge in [0.1, 0.15) is 6.04 Å². The molecule has 1 aliphatic carbocycles. The molecule has 3 nitrogen and oxygen atoms in total. The Bertz CT molecular complexity index is 409. The number of carbonyl (C=O) groups is 1. The number of nitrogens with one attached hydrogen (secondary N) is 1. The molecule has 0 heterocycles. The zero-order chi connectivity index (χ0) is 13.1. The van der Waals surface area contributed by atoms with E-state index in [1.54, 1.807) is 0 Å². The molecule has 1 saturated carbocycles. The first-order chi connectivity index (χ1) is 8.61. The molecule has 2 N–H and O–H groups in total. The van der Waals surface area contributed by atoms with Gasteiger partial charge < -0.3 is 5.11 Å². The molecule has 0 aliphatic heterocycles. The highest BCUT2D eigenvalue weighted by molar-refractivity contribution is 5.74. The van der Waals surface area contributed by atoms with Gasteiger partial charge in [-0.1, -0.05) is 31.2 Å². The molecule has 2 rings (SSSR count). The van der Waals surface area contributed by atoms with Crippen molar-refractivity contribution in [1.29, 1.82) is 0 Å². The molecule has 1 fully saturated rings. The molecule has 0 saturated heterocycles. The Morgan fingerprint density at radius 1 is 1.39 bits per heavy atom. The molecule has 18 heavy (non-hydrogen) atoms. The molecule has 2 atom stereocenters. The van der Waals surface area contributed by atoms with Crippen molar-refractivity contribution in [3.05, 3.63) is 35.4 Å². The third kappa shape index (κ3) is 3.10. The van der Waals surface area contributed by atoms with Crippen molar-refractivity contribution >= 4 is 5.97 Å². The van der Waals surface area contributed by atoms with Crippen LogP contribution in [0.3, 0.4) is 0 Å². The zero-order valence-electron chi connectivity index (χ0n) is 11.0. The summed E-state index contributed by atoms with van der Waals surface area (Å²) in [4.78, 5) is 11.2. The Labute approximate surface area is 108 Å². The molecular formula is C15H21NO2. The number of aryl methyl sites for hydroxylation is 1. The smallest absolute Gasteiger partial charge is 0.320 e. The summed E-state index contributed by atoms with van der Waals surface area (Å²) >= 11 is 0. The molecule has 0 bridgehead atoms. The van der Waals surface area contributed by atoms with Gasteiger partial charge in [-0.2, -0.15) is 0 Å². The minimum atomic E-state index is -0.727. The van der Waals surface area contributed by atoms with E-state index in [9.17, 15) is 9.90 Å². The van der Waals surface area contributed by atoms with Crippen molar-refractivity contribution < 1.29 is 9.90 Å². The van der Waals surface area contributed by atoms with Crippen LogP contribution in [0.2, 0.25) is 0 Å². The molecule has 3 heteroatoms. The van der Waals surface area contributed by atoms with E-state index >= 15 is 0 Å². The lowest BCUT2D eigenvalue weighted by Crippen LogP contribution is -2.40. The van der Waals surface area contributed by atoms with Crippen LogP contribution in [0, 0.1) is 5.92 Å². The van der Waals surface area contributed by atoms with Gasteiger partial charge in [0.15, 0.2) is 0 Å². The quantitative estimate of drug-likeness (QED) is 0.812. The number of carboxylic acid groups (broad SMARTS) is 1. The van der Waals surface area contributed by atoms with Gasteiger partial charge in [-0.25, -0.2) is 0 Å². The Kier molecular flexibility index (Phi) is 4.02. The second-order valence-electron chi connectivity index (χ2n) is 5.14. The van der Waals surface area contributed by atoms with E-state index in [2.05, 4.69) is 36.5 Å². The highest BCUT2D eigenvalue weighted by atomic mass is 16.4. The molecule has 0 radical (unpaired) electrons. The first-order valence-corrected chi connectivity index (χ1v) is 6.69. The van der Waals surface area contributed by atoms with Crippen LogP contribution in [0.5, 0.6) is 0 Å². The molecule has 1 aliphatic rings. The average Bonchev–Trinajstić information content (AvgIpc) is 3.19. The predicted octanol–water partition coefficient (Wildman–Crippen LogP) is 2.76. The largest absolute Gasteiger partial charge is 0.480 e. The minimum Gasteiger partial charge on any atom is -0.480 e. The van der Waals surface area contributed by atoms with Crippen LogP contribution in [0.25, 0.3) is 0 Å². The number of carboxylic acids is 1. The molecule has 0 aromatic heterocycles. The lowest BCUT2D eigenvalue weighted by molar-refractivity contribution is -0.140. The Balaban J connectivity index is 2.00. The number of aliphatic carboxylic acids is 1. The maximum atomic E-state index is 11.2. The number of hydrogen-bond donors (Lipinski definition) is 2. The maximum Gasteiger partial charge on any atom is 0.320 e. The summed E-state index contributed by atoms with van der Waals surface area (Å²) in [5, 5.41) is 12.4. The first kappa shape index (κ1) is 13.1. The van der Waals surface area contributed by atoms with Gasteiger partial charge >= 0.3 is 5.97 Å². The molecule has 0 amide bonds. The van der Waals surface area contributed by atoms with Crippen LogP contribution < -0.4 is 5.32 Å². The predicted molar refractivity (Wildman–Crippen MR) is 71.5 cm³/mol.